The van der Waals surface area contributed by atoms with E-state index in [0.29, 0.717) is 31.7 Å². The fourth-order valence-corrected chi connectivity index (χ4v) is 3.82. The van der Waals surface area contributed by atoms with Crippen LogP contribution >= 0.6 is 0 Å². The highest BCUT2D eigenvalue weighted by Gasteiger charge is 2.21. The van der Waals surface area contributed by atoms with E-state index in [1.54, 1.807) is 10.9 Å². The van der Waals surface area contributed by atoms with Gasteiger partial charge >= 0.3 is 0 Å². The van der Waals surface area contributed by atoms with Gasteiger partial charge in [-0.3, -0.25) is 9.59 Å². The average molecular weight is 421 g/mol. The van der Waals surface area contributed by atoms with Crippen molar-refractivity contribution in [1.29, 1.82) is 0 Å². The zero-order chi connectivity index (χ0) is 21.6. The molecule has 2 amide bonds. The normalized spacial score (nSPS) is 15.1. The number of benzene rings is 2. The Labute approximate surface area is 181 Å². The summed E-state index contributed by atoms with van der Waals surface area (Å²) in [6.45, 7) is 4.19. The van der Waals surface area contributed by atoms with E-state index >= 15 is 0 Å². The van der Waals surface area contributed by atoms with E-state index in [0.717, 1.165) is 42.4 Å². The first-order valence-corrected chi connectivity index (χ1v) is 10.7. The van der Waals surface area contributed by atoms with Gasteiger partial charge in [0.1, 0.15) is 0 Å². The molecule has 1 aliphatic heterocycles. The zero-order valence-corrected chi connectivity index (χ0v) is 17.8. The quantitative estimate of drug-likeness (QED) is 0.655. The number of hydrogen-bond donors (Lipinski definition) is 1. The van der Waals surface area contributed by atoms with Crippen molar-refractivity contribution in [2.75, 3.05) is 39.8 Å². The Hall–Kier alpha value is -3.26. The maximum atomic E-state index is 12.7. The van der Waals surface area contributed by atoms with Crippen LogP contribution < -0.4 is 5.32 Å². The summed E-state index contributed by atoms with van der Waals surface area (Å²) in [6, 6.07) is 14.2. The van der Waals surface area contributed by atoms with Crippen LogP contribution in [0, 0.1) is 0 Å². The molecule has 0 saturated carbocycles. The van der Waals surface area contributed by atoms with Crippen molar-refractivity contribution in [3.8, 4) is 0 Å². The van der Waals surface area contributed by atoms with Crippen LogP contribution in [0.1, 0.15) is 22.5 Å². The van der Waals surface area contributed by atoms with E-state index in [1.165, 1.54) is 0 Å². The fraction of sp³-hybridized carbons (Fsp3) is 0.391. The van der Waals surface area contributed by atoms with Gasteiger partial charge in [-0.2, -0.15) is 0 Å². The summed E-state index contributed by atoms with van der Waals surface area (Å²) in [7, 11) is 2.07. The highest BCUT2D eigenvalue weighted by atomic mass is 16.2. The van der Waals surface area contributed by atoms with E-state index in [2.05, 4.69) is 33.6 Å². The van der Waals surface area contributed by atoms with Gasteiger partial charge in [-0.1, -0.05) is 47.7 Å². The summed E-state index contributed by atoms with van der Waals surface area (Å²) < 4.78 is 1.60. The lowest BCUT2D eigenvalue weighted by Gasteiger charge is -2.18. The van der Waals surface area contributed by atoms with Gasteiger partial charge in [0.15, 0.2) is 5.69 Å². The highest BCUT2D eigenvalue weighted by Crippen LogP contribution is 2.16. The molecule has 0 bridgehead atoms. The number of likely N-dealkylation sites (N-methyl/N-ethyl adjacent to an activating group) is 1. The first-order chi connectivity index (χ1) is 15.1. The lowest BCUT2D eigenvalue weighted by Crippen LogP contribution is -2.34. The van der Waals surface area contributed by atoms with Crippen LogP contribution in [0.3, 0.4) is 0 Å². The number of rotatable bonds is 6. The molecule has 162 valence electrons. The summed E-state index contributed by atoms with van der Waals surface area (Å²) in [4.78, 5) is 29.0. The monoisotopic (exact) mass is 420 g/mol. The number of hydrogen-bond acceptors (Lipinski definition) is 5. The molecule has 0 spiro atoms. The van der Waals surface area contributed by atoms with Crippen molar-refractivity contribution in [2.24, 2.45) is 0 Å². The van der Waals surface area contributed by atoms with Crippen molar-refractivity contribution < 1.29 is 9.59 Å². The first kappa shape index (κ1) is 21.0. The molecule has 8 heteroatoms. The van der Waals surface area contributed by atoms with Gasteiger partial charge in [-0.25, -0.2) is 4.68 Å². The van der Waals surface area contributed by atoms with Crippen molar-refractivity contribution in [3.63, 3.8) is 0 Å². The second kappa shape index (κ2) is 9.70. The van der Waals surface area contributed by atoms with E-state index in [4.69, 9.17) is 0 Å². The number of aromatic nitrogens is 3. The molecular weight excluding hydrogens is 392 g/mol. The average Bonchev–Trinajstić information content (AvgIpc) is 3.13. The summed E-state index contributed by atoms with van der Waals surface area (Å²) >= 11 is 0. The number of carbonyl (C=O) groups excluding carboxylic acids is 2. The van der Waals surface area contributed by atoms with Gasteiger partial charge in [0.25, 0.3) is 5.91 Å². The van der Waals surface area contributed by atoms with Gasteiger partial charge < -0.3 is 15.1 Å². The second-order valence-electron chi connectivity index (χ2n) is 8.02. The number of carbonyl (C=O) groups is 2. The molecule has 0 unspecified atom stereocenters. The topological polar surface area (TPSA) is 83.4 Å². The minimum Gasteiger partial charge on any atom is -0.354 e. The minimum atomic E-state index is -0.0816. The molecule has 0 atom stereocenters. The predicted molar refractivity (Wildman–Crippen MR) is 119 cm³/mol. The van der Waals surface area contributed by atoms with Crippen LogP contribution in [-0.4, -0.2) is 76.4 Å². The molecule has 1 saturated heterocycles. The molecule has 1 aliphatic rings. The summed E-state index contributed by atoms with van der Waals surface area (Å²) in [5.41, 5.74) is 1.33. The highest BCUT2D eigenvalue weighted by molar-refractivity contribution is 5.92. The molecule has 4 rings (SSSR count). The molecule has 31 heavy (non-hydrogen) atoms. The zero-order valence-electron chi connectivity index (χ0n) is 17.8. The standard InChI is InChI=1S/C23H28N6O2/c1-27-10-4-11-28(14-13-27)23(31)21-17-29(26-25-21)12-9-24-22(30)16-18-7-8-19-5-2-3-6-20(19)15-18/h2-3,5-8,15,17H,4,9-14,16H2,1H3,(H,24,30). The number of nitrogens with zero attached hydrogens (tertiary/aromatic N) is 5. The fourth-order valence-electron chi connectivity index (χ4n) is 3.82. The lowest BCUT2D eigenvalue weighted by atomic mass is 10.1. The van der Waals surface area contributed by atoms with Crippen molar-refractivity contribution in [3.05, 3.63) is 59.9 Å². The number of amides is 2. The molecule has 8 nitrogen and oxygen atoms in total. The Bertz CT molecular complexity index is 1060. The molecule has 0 radical (unpaired) electrons. The summed E-state index contributed by atoms with van der Waals surface area (Å²) in [6.07, 6.45) is 2.95. The van der Waals surface area contributed by atoms with Crippen LogP contribution in [0.5, 0.6) is 0 Å². The molecule has 2 heterocycles. The van der Waals surface area contributed by atoms with Crippen molar-refractivity contribution in [2.45, 2.75) is 19.4 Å². The SMILES string of the molecule is CN1CCCN(C(=O)c2cn(CCNC(=O)Cc3ccc4ccccc4c3)nn2)CC1. The van der Waals surface area contributed by atoms with E-state index < -0.39 is 0 Å². The smallest absolute Gasteiger partial charge is 0.276 e. The third kappa shape index (κ3) is 5.46. The Morgan fingerprint density at radius 2 is 1.87 bits per heavy atom. The largest absolute Gasteiger partial charge is 0.354 e. The van der Waals surface area contributed by atoms with Gasteiger partial charge in [-0.05, 0) is 36.3 Å². The molecule has 1 aromatic heterocycles. The Morgan fingerprint density at radius 3 is 2.74 bits per heavy atom. The van der Waals surface area contributed by atoms with Gasteiger partial charge in [0.05, 0.1) is 19.2 Å². The minimum absolute atomic E-state index is 0.0413. The van der Waals surface area contributed by atoms with Gasteiger partial charge in [0, 0.05) is 26.2 Å². The number of nitrogens with one attached hydrogen (secondary N) is 1. The lowest BCUT2D eigenvalue weighted by molar-refractivity contribution is -0.120. The molecule has 1 N–H and O–H groups in total. The summed E-state index contributed by atoms with van der Waals surface area (Å²) in [5.74, 6) is -0.123. The first-order valence-electron chi connectivity index (χ1n) is 10.7. The maximum Gasteiger partial charge on any atom is 0.276 e. The molecule has 0 aliphatic carbocycles. The molecule has 2 aromatic carbocycles. The van der Waals surface area contributed by atoms with Crippen LogP contribution in [0.25, 0.3) is 10.8 Å². The predicted octanol–water partition coefficient (Wildman–Crippen LogP) is 1.57. The van der Waals surface area contributed by atoms with E-state index in [1.807, 2.05) is 41.3 Å². The Morgan fingerprint density at radius 1 is 1.03 bits per heavy atom. The molecular formula is C23H28N6O2. The maximum absolute atomic E-state index is 12.7. The van der Waals surface area contributed by atoms with Gasteiger partial charge in [-0.15, -0.1) is 5.10 Å². The van der Waals surface area contributed by atoms with Crippen LogP contribution in [0.2, 0.25) is 0 Å². The van der Waals surface area contributed by atoms with Crippen LogP contribution in [0.15, 0.2) is 48.7 Å². The Balaban J connectivity index is 1.25. The third-order valence-corrected chi connectivity index (χ3v) is 5.61. The van der Waals surface area contributed by atoms with E-state index in [9.17, 15) is 9.59 Å². The van der Waals surface area contributed by atoms with Crippen LogP contribution in [0.4, 0.5) is 0 Å². The molecule has 3 aromatic rings. The van der Waals surface area contributed by atoms with Crippen molar-refractivity contribution >= 4 is 22.6 Å². The number of fused-ring (bicyclic) bond motifs is 1. The summed E-state index contributed by atoms with van der Waals surface area (Å²) in [5, 5.41) is 13.3. The Kier molecular flexibility index (Phi) is 6.57. The van der Waals surface area contributed by atoms with Gasteiger partial charge in [0.2, 0.25) is 5.91 Å². The second-order valence-corrected chi connectivity index (χ2v) is 8.02. The van der Waals surface area contributed by atoms with Crippen LogP contribution in [-0.2, 0) is 17.8 Å². The van der Waals surface area contributed by atoms with Crippen molar-refractivity contribution in [1.82, 2.24) is 30.1 Å². The third-order valence-electron chi connectivity index (χ3n) is 5.61. The molecule has 1 fully saturated rings. The van der Waals surface area contributed by atoms with E-state index in [-0.39, 0.29) is 11.8 Å².